The molecule has 3 nitrogen and oxygen atoms in total. The van der Waals surface area contributed by atoms with Crippen LogP contribution < -0.4 is 4.74 Å². The van der Waals surface area contributed by atoms with Gasteiger partial charge in [-0.15, -0.1) is 0 Å². The van der Waals surface area contributed by atoms with Crippen molar-refractivity contribution >= 4 is 17.6 Å². The van der Waals surface area contributed by atoms with Gasteiger partial charge in [-0.3, -0.25) is 4.79 Å². The molecule has 0 radical (unpaired) electrons. The van der Waals surface area contributed by atoms with Gasteiger partial charge in [-0.05, 0) is 25.0 Å². The molecular formula is C11H12ClFO3. The number of benzene rings is 1. The molecule has 0 saturated carbocycles. The standard InChI is InChI=1S/C11H12ClFO3/c1-16-11-7(3-2-4-10(14)15)8(12)5-6-9(11)13/h5-6H,2-4H2,1H3,(H,14,15). The summed E-state index contributed by atoms with van der Waals surface area (Å²) in [6, 6.07) is 2.66. The van der Waals surface area contributed by atoms with Crippen LogP contribution in [0.2, 0.25) is 5.02 Å². The number of rotatable bonds is 5. The lowest BCUT2D eigenvalue weighted by Crippen LogP contribution is -2.00. The summed E-state index contributed by atoms with van der Waals surface area (Å²) in [7, 11) is 1.36. The number of hydrogen-bond acceptors (Lipinski definition) is 2. The highest BCUT2D eigenvalue weighted by molar-refractivity contribution is 6.31. The predicted octanol–water partition coefficient (Wildman–Crippen LogP) is 2.90. The number of carboxylic acids is 1. The maximum Gasteiger partial charge on any atom is 0.303 e. The van der Waals surface area contributed by atoms with Crippen LogP contribution in [0.5, 0.6) is 5.75 Å². The van der Waals surface area contributed by atoms with Gasteiger partial charge >= 0.3 is 5.97 Å². The number of halogens is 2. The van der Waals surface area contributed by atoms with Gasteiger partial charge < -0.3 is 9.84 Å². The lowest BCUT2D eigenvalue weighted by atomic mass is 10.1. The third kappa shape index (κ3) is 3.10. The van der Waals surface area contributed by atoms with Crippen molar-refractivity contribution in [2.75, 3.05) is 7.11 Å². The lowest BCUT2D eigenvalue weighted by Gasteiger charge is -2.10. The van der Waals surface area contributed by atoms with E-state index in [1.54, 1.807) is 0 Å². The highest BCUT2D eigenvalue weighted by atomic mass is 35.5. The van der Waals surface area contributed by atoms with Crippen LogP contribution in [0.25, 0.3) is 0 Å². The van der Waals surface area contributed by atoms with Crippen LogP contribution in [-0.2, 0) is 11.2 Å². The Morgan fingerprint density at radius 1 is 1.56 bits per heavy atom. The second kappa shape index (κ2) is 5.70. The van der Waals surface area contributed by atoms with E-state index >= 15 is 0 Å². The van der Waals surface area contributed by atoms with Crippen molar-refractivity contribution in [3.63, 3.8) is 0 Å². The summed E-state index contributed by atoms with van der Waals surface area (Å²) in [5.74, 6) is -1.28. The fraction of sp³-hybridized carbons (Fsp3) is 0.364. The molecule has 0 aliphatic carbocycles. The quantitative estimate of drug-likeness (QED) is 0.869. The van der Waals surface area contributed by atoms with E-state index < -0.39 is 11.8 Å². The van der Waals surface area contributed by atoms with E-state index in [1.165, 1.54) is 19.2 Å². The molecular weight excluding hydrogens is 235 g/mol. The molecule has 0 aliphatic rings. The molecule has 0 atom stereocenters. The molecule has 5 heteroatoms. The molecule has 0 spiro atoms. The van der Waals surface area contributed by atoms with E-state index in [1.807, 2.05) is 0 Å². The van der Waals surface area contributed by atoms with Gasteiger partial charge in [0.15, 0.2) is 11.6 Å². The Bertz CT molecular complexity index is 393. The summed E-state index contributed by atoms with van der Waals surface area (Å²) in [5.41, 5.74) is 0.519. The zero-order chi connectivity index (χ0) is 12.1. The molecule has 88 valence electrons. The molecule has 0 heterocycles. The molecule has 16 heavy (non-hydrogen) atoms. The van der Waals surface area contributed by atoms with Crippen LogP contribution in [0.15, 0.2) is 12.1 Å². The molecule has 1 aromatic carbocycles. The number of carboxylic acid groups (broad SMARTS) is 1. The monoisotopic (exact) mass is 246 g/mol. The number of carbonyl (C=O) groups is 1. The average molecular weight is 247 g/mol. The third-order valence-electron chi connectivity index (χ3n) is 2.18. The normalized spacial score (nSPS) is 10.2. The Labute approximate surface area is 97.8 Å². The molecule has 0 aliphatic heterocycles. The number of hydrogen-bond donors (Lipinski definition) is 1. The predicted molar refractivity (Wildman–Crippen MR) is 58.5 cm³/mol. The first-order valence-corrected chi connectivity index (χ1v) is 5.16. The van der Waals surface area contributed by atoms with Gasteiger partial charge in [-0.1, -0.05) is 11.6 Å². The molecule has 0 aromatic heterocycles. The van der Waals surface area contributed by atoms with Crippen molar-refractivity contribution in [2.24, 2.45) is 0 Å². The van der Waals surface area contributed by atoms with Gasteiger partial charge in [0.1, 0.15) is 0 Å². The first-order valence-electron chi connectivity index (χ1n) is 4.79. The van der Waals surface area contributed by atoms with E-state index in [4.69, 9.17) is 21.4 Å². The van der Waals surface area contributed by atoms with Gasteiger partial charge in [-0.25, -0.2) is 4.39 Å². The summed E-state index contributed by atoms with van der Waals surface area (Å²) in [6.07, 6.45) is 0.803. The second-order valence-electron chi connectivity index (χ2n) is 3.29. The molecule has 1 rings (SSSR count). The van der Waals surface area contributed by atoms with Crippen LogP contribution in [0, 0.1) is 5.82 Å². The van der Waals surface area contributed by atoms with Crippen molar-refractivity contribution in [3.8, 4) is 5.75 Å². The van der Waals surface area contributed by atoms with E-state index in [-0.39, 0.29) is 12.2 Å². The van der Waals surface area contributed by atoms with Gasteiger partial charge in [-0.2, -0.15) is 0 Å². The van der Waals surface area contributed by atoms with Crippen LogP contribution in [0.3, 0.4) is 0 Å². The fourth-order valence-corrected chi connectivity index (χ4v) is 1.69. The largest absolute Gasteiger partial charge is 0.493 e. The maximum atomic E-state index is 13.3. The lowest BCUT2D eigenvalue weighted by molar-refractivity contribution is -0.137. The molecule has 0 bridgehead atoms. The molecule has 0 amide bonds. The summed E-state index contributed by atoms with van der Waals surface area (Å²) >= 11 is 5.90. The van der Waals surface area contributed by atoms with Crippen LogP contribution in [-0.4, -0.2) is 18.2 Å². The Morgan fingerprint density at radius 2 is 2.25 bits per heavy atom. The SMILES string of the molecule is COc1c(F)ccc(Cl)c1CCCC(=O)O. The van der Waals surface area contributed by atoms with E-state index in [2.05, 4.69) is 0 Å². The van der Waals surface area contributed by atoms with Gasteiger partial charge in [0.25, 0.3) is 0 Å². The Morgan fingerprint density at radius 3 is 2.81 bits per heavy atom. The second-order valence-corrected chi connectivity index (χ2v) is 3.70. The molecule has 1 aromatic rings. The van der Waals surface area contributed by atoms with Gasteiger partial charge in [0.05, 0.1) is 7.11 Å². The zero-order valence-electron chi connectivity index (χ0n) is 8.80. The van der Waals surface area contributed by atoms with E-state index in [0.717, 1.165) is 0 Å². The Kier molecular flexibility index (Phi) is 4.55. The Balaban J connectivity index is 2.84. The van der Waals surface area contributed by atoms with Crippen LogP contribution in [0.4, 0.5) is 4.39 Å². The van der Waals surface area contributed by atoms with Crippen molar-refractivity contribution in [1.29, 1.82) is 0 Å². The minimum atomic E-state index is -0.883. The van der Waals surface area contributed by atoms with Crippen molar-refractivity contribution in [2.45, 2.75) is 19.3 Å². The van der Waals surface area contributed by atoms with Crippen LogP contribution in [0.1, 0.15) is 18.4 Å². The van der Waals surface area contributed by atoms with Gasteiger partial charge in [0.2, 0.25) is 0 Å². The zero-order valence-corrected chi connectivity index (χ0v) is 9.55. The average Bonchev–Trinajstić information content (AvgIpc) is 2.23. The molecule has 0 unspecified atom stereocenters. The highest BCUT2D eigenvalue weighted by Gasteiger charge is 2.13. The van der Waals surface area contributed by atoms with Gasteiger partial charge in [0, 0.05) is 17.0 Å². The molecule has 1 N–H and O–H groups in total. The smallest absolute Gasteiger partial charge is 0.303 e. The molecule has 0 fully saturated rings. The third-order valence-corrected chi connectivity index (χ3v) is 2.53. The number of ether oxygens (including phenoxy) is 1. The van der Waals surface area contributed by atoms with Crippen molar-refractivity contribution < 1.29 is 19.0 Å². The topological polar surface area (TPSA) is 46.5 Å². The first-order chi connectivity index (χ1) is 7.56. The summed E-state index contributed by atoms with van der Waals surface area (Å²) in [4.78, 5) is 10.4. The summed E-state index contributed by atoms with van der Waals surface area (Å²) < 4.78 is 18.2. The van der Waals surface area contributed by atoms with Crippen LogP contribution >= 0.6 is 11.6 Å². The first kappa shape index (κ1) is 12.8. The minimum absolute atomic E-state index is 0.0238. The van der Waals surface area contributed by atoms with E-state index in [0.29, 0.717) is 23.4 Å². The maximum absolute atomic E-state index is 13.3. The number of aliphatic carboxylic acids is 1. The molecule has 0 saturated heterocycles. The summed E-state index contributed by atoms with van der Waals surface area (Å²) in [5, 5.41) is 8.90. The number of methoxy groups -OCH3 is 1. The minimum Gasteiger partial charge on any atom is -0.493 e. The van der Waals surface area contributed by atoms with Crippen molar-refractivity contribution in [3.05, 3.63) is 28.5 Å². The summed E-state index contributed by atoms with van der Waals surface area (Å²) in [6.45, 7) is 0. The van der Waals surface area contributed by atoms with E-state index in [9.17, 15) is 9.18 Å². The fourth-order valence-electron chi connectivity index (χ4n) is 1.45. The van der Waals surface area contributed by atoms with Crippen molar-refractivity contribution in [1.82, 2.24) is 0 Å². The Hall–Kier alpha value is -1.29. The highest BCUT2D eigenvalue weighted by Crippen LogP contribution is 2.30.